The van der Waals surface area contributed by atoms with Crippen LogP contribution in [0.15, 0.2) is 36.9 Å². The Labute approximate surface area is 123 Å². The first-order chi connectivity index (χ1) is 10.2. The first-order valence-electron chi connectivity index (χ1n) is 5.76. The van der Waals surface area contributed by atoms with Gasteiger partial charge >= 0.3 is 6.01 Å². The second-order valence-electron chi connectivity index (χ2n) is 3.78. The molecule has 0 bridgehead atoms. The van der Waals surface area contributed by atoms with Crippen molar-refractivity contribution in [3.05, 3.63) is 41.9 Å². The second kappa shape index (κ2) is 5.69. The van der Waals surface area contributed by atoms with E-state index in [2.05, 4.69) is 30.5 Å². The molecule has 0 saturated heterocycles. The molecule has 0 aliphatic carbocycles. The summed E-state index contributed by atoms with van der Waals surface area (Å²) in [5, 5.41) is 4.47. The van der Waals surface area contributed by atoms with Crippen LogP contribution in [0.4, 0.5) is 5.95 Å². The molecule has 3 N–H and O–H groups in total. The van der Waals surface area contributed by atoms with Crippen molar-refractivity contribution in [2.75, 3.05) is 5.43 Å². The van der Waals surface area contributed by atoms with Gasteiger partial charge in [-0.1, -0.05) is 11.6 Å². The fourth-order valence-corrected chi connectivity index (χ4v) is 1.66. The molecule has 3 rings (SSSR count). The highest BCUT2D eigenvalue weighted by Gasteiger charge is 2.10. The standard InChI is InChI=1S/C11H9ClN8O/c12-7-4-8(6-14-5-7)21-11-17-9(19-13)16-10(18-11)20-3-1-2-15-20/h1-6H,13H2,(H,16,17,18,19). The smallest absolute Gasteiger partial charge is 0.328 e. The van der Waals surface area contributed by atoms with Crippen molar-refractivity contribution in [2.45, 2.75) is 0 Å². The van der Waals surface area contributed by atoms with Crippen molar-refractivity contribution < 1.29 is 4.74 Å². The monoisotopic (exact) mass is 304 g/mol. The Bertz CT molecular complexity index is 748. The SMILES string of the molecule is NNc1nc(Oc2cncc(Cl)c2)nc(-n2cccn2)n1. The third-order valence-electron chi connectivity index (χ3n) is 2.33. The molecular formula is C11H9ClN8O. The predicted octanol–water partition coefficient (Wildman–Crippen LogP) is 1.18. The molecular weight excluding hydrogens is 296 g/mol. The number of nitrogens with one attached hydrogen (secondary N) is 1. The third kappa shape index (κ3) is 3.04. The average molecular weight is 305 g/mol. The number of ether oxygens (including phenoxy) is 1. The number of rotatable bonds is 4. The van der Waals surface area contributed by atoms with Crippen molar-refractivity contribution >= 4 is 17.5 Å². The zero-order valence-corrected chi connectivity index (χ0v) is 11.3. The van der Waals surface area contributed by atoms with Gasteiger partial charge in [-0.15, -0.1) is 0 Å². The zero-order valence-electron chi connectivity index (χ0n) is 10.5. The number of hydrogen-bond acceptors (Lipinski definition) is 8. The summed E-state index contributed by atoms with van der Waals surface area (Å²) in [6.45, 7) is 0. The van der Waals surface area contributed by atoms with Gasteiger partial charge in [-0.05, 0) is 6.07 Å². The molecule has 0 unspecified atom stereocenters. The van der Waals surface area contributed by atoms with E-state index in [9.17, 15) is 0 Å². The number of nitrogens with two attached hydrogens (primary N) is 1. The van der Waals surface area contributed by atoms with E-state index in [4.69, 9.17) is 22.2 Å². The summed E-state index contributed by atoms with van der Waals surface area (Å²) >= 11 is 5.84. The molecule has 0 fully saturated rings. The Morgan fingerprint density at radius 2 is 2.14 bits per heavy atom. The largest absolute Gasteiger partial charge is 0.422 e. The maximum Gasteiger partial charge on any atom is 0.328 e. The molecule has 0 aromatic carbocycles. The third-order valence-corrected chi connectivity index (χ3v) is 2.54. The van der Waals surface area contributed by atoms with Gasteiger partial charge in [-0.25, -0.2) is 10.5 Å². The van der Waals surface area contributed by atoms with Crippen LogP contribution in [-0.4, -0.2) is 29.7 Å². The van der Waals surface area contributed by atoms with Crippen molar-refractivity contribution in [2.24, 2.45) is 5.84 Å². The molecule has 0 aliphatic heterocycles. The number of nitrogens with zero attached hydrogens (tertiary/aromatic N) is 6. The van der Waals surface area contributed by atoms with Gasteiger partial charge in [0, 0.05) is 24.7 Å². The van der Waals surface area contributed by atoms with Crippen LogP contribution in [0.5, 0.6) is 11.8 Å². The minimum absolute atomic E-state index is 0.0347. The van der Waals surface area contributed by atoms with E-state index in [1.54, 1.807) is 24.5 Å². The minimum Gasteiger partial charge on any atom is -0.422 e. The van der Waals surface area contributed by atoms with Gasteiger partial charge in [-0.3, -0.25) is 10.4 Å². The molecule has 10 heteroatoms. The number of halogens is 1. The Balaban J connectivity index is 1.96. The lowest BCUT2D eigenvalue weighted by Crippen LogP contribution is -2.14. The Hall–Kier alpha value is -2.78. The Kier molecular flexibility index (Phi) is 3.58. The summed E-state index contributed by atoms with van der Waals surface area (Å²) in [5.41, 5.74) is 2.34. The van der Waals surface area contributed by atoms with Gasteiger partial charge in [0.05, 0.1) is 11.2 Å². The second-order valence-corrected chi connectivity index (χ2v) is 4.21. The first kappa shape index (κ1) is 13.2. The first-order valence-corrected chi connectivity index (χ1v) is 6.13. The van der Waals surface area contributed by atoms with Crippen LogP contribution in [0, 0.1) is 0 Å². The maximum atomic E-state index is 5.84. The highest BCUT2D eigenvalue weighted by Crippen LogP contribution is 2.21. The number of aromatic nitrogens is 6. The van der Waals surface area contributed by atoms with E-state index >= 15 is 0 Å². The van der Waals surface area contributed by atoms with Gasteiger partial charge in [0.2, 0.25) is 5.95 Å². The molecule has 0 amide bonds. The molecule has 9 nitrogen and oxygen atoms in total. The van der Waals surface area contributed by atoms with Crippen LogP contribution in [0.1, 0.15) is 0 Å². The molecule has 106 valence electrons. The fourth-order valence-electron chi connectivity index (χ4n) is 1.50. The van der Waals surface area contributed by atoms with Crippen molar-refractivity contribution in [1.29, 1.82) is 0 Å². The molecule has 3 aromatic heterocycles. The number of hydrazine groups is 1. The van der Waals surface area contributed by atoms with Crippen LogP contribution in [-0.2, 0) is 0 Å². The van der Waals surface area contributed by atoms with E-state index in [1.165, 1.54) is 17.1 Å². The van der Waals surface area contributed by atoms with E-state index in [-0.39, 0.29) is 17.9 Å². The van der Waals surface area contributed by atoms with Gasteiger partial charge < -0.3 is 4.74 Å². The van der Waals surface area contributed by atoms with Crippen molar-refractivity contribution in [3.8, 4) is 17.7 Å². The van der Waals surface area contributed by atoms with Crippen LogP contribution < -0.4 is 16.0 Å². The van der Waals surface area contributed by atoms with E-state index in [0.717, 1.165) is 0 Å². The maximum absolute atomic E-state index is 5.84. The summed E-state index contributed by atoms with van der Waals surface area (Å²) in [7, 11) is 0. The van der Waals surface area contributed by atoms with Crippen LogP contribution >= 0.6 is 11.6 Å². The lowest BCUT2D eigenvalue weighted by Gasteiger charge is -2.07. The lowest BCUT2D eigenvalue weighted by molar-refractivity contribution is 0.436. The molecule has 0 atom stereocenters. The zero-order chi connectivity index (χ0) is 14.7. The summed E-state index contributed by atoms with van der Waals surface area (Å²) in [5.74, 6) is 6.13. The predicted molar refractivity (Wildman–Crippen MR) is 74.1 cm³/mol. The quantitative estimate of drug-likeness (QED) is 0.545. The Morgan fingerprint density at radius 1 is 1.24 bits per heavy atom. The molecule has 3 heterocycles. The fraction of sp³-hybridized carbons (Fsp3) is 0. The van der Waals surface area contributed by atoms with Gasteiger partial charge in [0.25, 0.3) is 5.95 Å². The van der Waals surface area contributed by atoms with E-state index in [1.807, 2.05) is 0 Å². The topological polar surface area (TPSA) is 117 Å². The van der Waals surface area contributed by atoms with E-state index < -0.39 is 0 Å². The van der Waals surface area contributed by atoms with Crippen LogP contribution in [0.25, 0.3) is 5.95 Å². The van der Waals surface area contributed by atoms with Crippen molar-refractivity contribution in [3.63, 3.8) is 0 Å². The van der Waals surface area contributed by atoms with Gasteiger partial charge in [-0.2, -0.15) is 20.1 Å². The van der Waals surface area contributed by atoms with E-state index in [0.29, 0.717) is 10.8 Å². The number of anilines is 1. The summed E-state index contributed by atoms with van der Waals surface area (Å²) in [6, 6.07) is 3.36. The number of hydrogen-bond donors (Lipinski definition) is 2. The lowest BCUT2D eigenvalue weighted by atomic mass is 10.5. The highest BCUT2D eigenvalue weighted by molar-refractivity contribution is 6.30. The number of nitrogen functional groups attached to an aromatic ring is 1. The summed E-state index contributed by atoms with van der Waals surface area (Å²) in [6.07, 6.45) is 6.25. The highest BCUT2D eigenvalue weighted by atomic mass is 35.5. The minimum atomic E-state index is 0.0347. The average Bonchev–Trinajstić information content (AvgIpc) is 3.01. The summed E-state index contributed by atoms with van der Waals surface area (Å²) < 4.78 is 6.94. The molecule has 0 saturated carbocycles. The summed E-state index contributed by atoms with van der Waals surface area (Å²) in [4.78, 5) is 16.1. The van der Waals surface area contributed by atoms with Crippen LogP contribution in [0.3, 0.4) is 0 Å². The molecule has 0 spiro atoms. The van der Waals surface area contributed by atoms with Gasteiger partial charge in [0.1, 0.15) is 0 Å². The Morgan fingerprint density at radius 3 is 2.86 bits per heavy atom. The molecule has 3 aromatic rings. The molecule has 0 aliphatic rings. The van der Waals surface area contributed by atoms with Crippen molar-refractivity contribution in [1.82, 2.24) is 29.7 Å². The van der Waals surface area contributed by atoms with Crippen LogP contribution in [0.2, 0.25) is 5.02 Å². The molecule has 0 radical (unpaired) electrons. The normalized spacial score (nSPS) is 10.4. The van der Waals surface area contributed by atoms with Gasteiger partial charge in [0.15, 0.2) is 5.75 Å². The number of pyridine rings is 1. The molecule has 21 heavy (non-hydrogen) atoms.